The fraction of sp³-hybridized carbons (Fsp3) is 0.348. The third-order valence-electron chi connectivity index (χ3n) is 5.41. The van der Waals surface area contributed by atoms with Crippen LogP contribution in [0.4, 0.5) is 4.39 Å². The standard InChI is InChI=1S/C23H25FN4O2S/c24-17-7-9-18(10-8-17)31-16-22(29)25-15-21-19-5-1-2-6-20(19)23(30)28(26-21)14-13-27-11-3-4-12-27/h1-2,5-10H,3-4,11-16H2,(H,25,29). The maximum Gasteiger partial charge on any atom is 0.274 e. The minimum Gasteiger partial charge on any atom is -0.350 e. The van der Waals surface area contributed by atoms with E-state index in [-0.39, 0.29) is 29.6 Å². The number of likely N-dealkylation sites (tertiary alicyclic amines) is 1. The van der Waals surface area contributed by atoms with Gasteiger partial charge in [-0.25, -0.2) is 9.07 Å². The molecule has 0 bridgehead atoms. The Hall–Kier alpha value is -2.71. The predicted octanol–water partition coefficient (Wildman–Crippen LogP) is 3.04. The second-order valence-electron chi connectivity index (χ2n) is 7.59. The molecule has 0 aliphatic carbocycles. The highest BCUT2D eigenvalue weighted by atomic mass is 32.2. The van der Waals surface area contributed by atoms with E-state index in [1.54, 1.807) is 18.2 Å². The van der Waals surface area contributed by atoms with Crippen molar-refractivity contribution in [2.45, 2.75) is 30.8 Å². The summed E-state index contributed by atoms with van der Waals surface area (Å²) in [5.41, 5.74) is 0.577. The summed E-state index contributed by atoms with van der Waals surface area (Å²) < 4.78 is 14.5. The number of hydrogen-bond acceptors (Lipinski definition) is 5. The molecule has 0 atom stereocenters. The summed E-state index contributed by atoms with van der Waals surface area (Å²) in [5.74, 6) is -0.223. The van der Waals surface area contributed by atoms with Crippen LogP contribution in [0.1, 0.15) is 18.5 Å². The average Bonchev–Trinajstić information content (AvgIpc) is 3.31. The van der Waals surface area contributed by atoms with Crippen molar-refractivity contribution >= 4 is 28.4 Å². The maximum atomic E-state index is 13.0. The highest BCUT2D eigenvalue weighted by Crippen LogP contribution is 2.18. The van der Waals surface area contributed by atoms with Crippen molar-refractivity contribution in [1.29, 1.82) is 0 Å². The van der Waals surface area contributed by atoms with Crippen molar-refractivity contribution in [3.05, 3.63) is 70.4 Å². The van der Waals surface area contributed by atoms with Crippen LogP contribution in [0.25, 0.3) is 10.8 Å². The van der Waals surface area contributed by atoms with Crippen LogP contribution in [-0.4, -0.2) is 46.0 Å². The lowest BCUT2D eigenvalue weighted by Crippen LogP contribution is -2.33. The number of fused-ring (bicyclic) bond motifs is 1. The zero-order valence-electron chi connectivity index (χ0n) is 17.2. The molecule has 1 aliphatic heterocycles. The van der Waals surface area contributed by atoms with Crippen LogP contribution in [0.2, 0.25) is 0 Å². The van der Waals surface area contributed by atoms with E-state index in [0.717, 1.165) is 29.9 Å². The highest BCUT2D eigenvalue weighted by Gasteiger charge is 2.15. The molecule has 8 heteroatoms. The number of nitrogens with zero attached hydrogens (tertiary/aromatic N) is 3. The first-order valence-electron chi connectivity index (χ1n) is 10.5. The molecule has 1 aliphatic rings. The molecule has 2 aromatic carbocycles. The van der Waals surface area contributed by atoms with E-state index in [0.29, 0.717) is 17.6 Å². The van der Waals surface area contributed by atoms with Gasteiger partial charge in [0, 0.05) is 16.8 Å². The van der Waals surface area contributed by atoms with Gasteiger partial charge < -0.3 is 10.2 Å². The van der Waals surface area contributed by atoms with E-state index >= 15 is 0 Å². The summed E-state index contributed by atoms with van der Waals surface area (Å²) in [6, 6.07) is 13.4. The van der Waals surface area contributed by atoms with Crippen molar-refractivity contribution in [3.8, 4) is 0 Å². The molecule has 0 radical (unpaired) electrons. The van der Waals surface area contributed by atoms with Crippen LogP contribution < -0.4 is 10.9 Å². The molecule has 3 aromatic rings. The van der Waals surface area contributed by atoms with Gasteiger partial charge in [0.1, 0.15) is 5.82 Å². The molecule has 6 nitrogen and oxygen atoms in total. The molecule has 31 heavy (non-hydrogen) atoms. The number of nitrogens with one attached hydrogen (secondary N) is 1. The van der Waals surface area contributed by atoms with Gasteiger partial charge >= 0.3 is 0 Å². The number of carbonyl (C=O) groups is 1. The molecule has 4 rings (SSSR count). The topological polar surface area (TPSA) is 67.2 Å². The van der Waals surface area contributed by atoms with E-state index in [2.05, 4.69) is 15.3 Å². The van der Waals surface area contributed by atoms with Crippen LogP contribution >= 0.6 is 11.8 Å². The number of rotatable bonds is 8. The summed E-state index contributed by atoms with van der Waals surface area (Å²) >= 11 is 1.34. The number of carbonyl (C=O) groups excluding carboxylic acids is 1. The smallest absolute Gasteiger partial charge is 0.274 e. The number of amides is 1. The molecule has 1 saturated heterocycles. The van der Waals surface area contributed by atoms with Crippen LogP contribution in [0.3, 0.4) is 0 Å². The van der Waals surface area contributed by atoms with Gasteiger partial charge in [0.25, 0.3) is 5.56 Å². The van der Waals surface area contributed by atoms with E-state index in [4.69, 9.17) is 0 Å². The van der Waals surface area contributed by atoms with E-state index in [9.17, 15) is 14.0 Å². The molecular weight excluding hydrogens is 415 g/mol. The van der Waals surface area contributed by atoms with Gasteiger partial charge in [-0.05, 0) is 56.3 Å². The molecule has 1 fully saturated rings. The third-order valence-corrected chi connectivity index (χ3v) is 6.42. The van der Waals surface area contributed by atoms with E-state index in [1.165, 1.54) is 41.4 Å². The molecule has 0 saturated carbocycles. The Morgan fingerprint density at radius 1 is 1.03 bits per heavy atom. The van der Waals surface area contributed by atoms with Gasteiger partial charge in [-0.1, -0.05) is 18.2 Å². The molecule has 0 unspecified atom stereocenters. The fourth-order valence-electron chi connectivity index (χ4n) is 3.74. The minimum atomic E-state index is -0.299. The number of hydrogen-bond donors (Lipinski definition) is 1. The second-order valence-corrected chi connectivity index (χ2v) is 8.64. The van der Waals surface area contributed by atoms with Crippen molar-refractivity contribution in [2.75, 3.05) is 25.4 Å². The Balaban J connectivity index is 1.44. The lowest BCUT2D eigenvalue weighted by atomic mass is 10.1. The largest absolute Gasteiger partial charge is 0.350 e. The third kappa shape index (κ3) is 5.51. The number of thioether (sulfide) groups is 1. The van der Waals surface area contributed by atoms with Crippen molar-refractivity contribution in [2.24, 2.45) is 0 Å². The van der Waals surface area contributed by atoms with Crippen LogP contribution in [-0.2, 0) is 17.9 Å². The number of aromatic nitrogens is 2. The Morgan fingerprint density at radius 3 is 2.48 bits per heavy atom. The molecular formula is C23H25FN4O2S. The summed E-state index contributed by atoms with van der Waals surface area (Å²) in [6.07, 6.45) is 2.40. The SMILES string of the molecule is O=C(CSc1ccc(F)cc1)NCc1nn(CCN2CCCC2)c(=O)c2ccccc12. The Bertz CT molecular complexity index is 1110. The lowest BCUT2D eigenvalue weighted by Gasteiger charge is -2.16. The molecule has 1 amide bonds. The molecule has 0 spiro atoms. The molecule has 1 aromatic heterocycles. The van der Waals surface area contributed by atoms with Crippen LogP contribution in [0, 0.1) is 5.82 Å². The van der Waals surface area contributed by atoms with Gasteiger partial charge in [0.2, 0.25) is 5.91 Å². The first-order chi connectivity index (χ1) is 15.1. The summed E-state index contributed by atoms with van der Waals surface area (Å²) in [6.45, 7) is 3.71. The van der Waals surface area contributed by atoms with Gasteiger partial charge in [-0.15, -0.1) is 11.8 Å². The minimum absolute atomic E-state index is 0.100. The van der Waals surface area contributed by atoms with Gasteiger partial charge in [0.15, 0.2) is 0 Å². The highest BCUT2D eigenvalue weighted by molar-refractivity contribution is 8.00. The van der Waals surface area contributed by atoms with Crippen molar-refractivity contribution in [3.63, 3.8) is 0 Å². The second kappa shape index (κ2) is 10.1. The average molecular weight is 441 g/mol. The summed E-state index contributed by atoms with van der Waals surface area (Å²) in [5, 5.41) is 8.85. The summed E-state index contributed by atoms with van der Waals surface area (Å²) in [4.78, 5) is 28.4. The van der Waals surface area contributed by atoms with Crippen molar-refractivity contribution in [1.82, 2.24) is 20.0 Å². The Kier molecular flexibility index (Phi) is 6.99. The first-order valence-corrected chi connectivity index (χ1v) is 11.4. The van der Waals surface area contributed by atoms with E-state index < -0.39 is 0 Å². The molecule has 2 heterocycles. The molecule has 1 N–H and O–H groups in total. The lowest BCUT2D eigenvalue weighted by molar-refractivity contribution is -0.118. The number of benzene rings is 2. The Labute approximate surface area is 184 Å². The van der Waals surface area contributed by atoms with Gasteiger partial charge in [0.05, 0.1) is 29.9 Å². The maximum absolute atomic E-state index is 13.0. The quantitative estimate of drug-likeness (QED) is 0.546. The first kappa shape index (κ1) is 21.5. The van der Waals surface area contributed by atoms with Gasteiger partial charge in [-0.3, -0.25) is 9.59 Å². The van der Waals surface area contributed by atoms with E-state index in [1.807, 2.05) is 18.2 Å². The summed E-state index contributed by atoms with van der Waals surface area (Å²) in [7, 11) is 0. The van der Waals surface area contributed by atoms with Crippen molar-refractivity contribution < 1.29 is 9.18 Å². The zero-order valence-corrected chi connectivity index (χ0v) is 18.0. The van der Waals surface area contributed by atoms with Crippen LogP contribution in [0.5, 0.6) is 0 Å². The monoisotopic (exact) mass is 440 g/mol. The Morgan fingerprint density at radius 2 is 1.74 bits per heavy atom. The number of halogens is 1. The molecule has 162 valence electrons. The fourth-order valence-corrected chi connectivity index (χ4v) is 4.47. The predicted molar refractivity (Wildman–Crippen MR) is 121 cm³/mol. The zero-order chi connectivity index (χ0) is 21.6. The normalized spacial score (nSPS) is 14.2. The van der Waals surface area contributed by atoms with Gasteiger partial charge in [-0.2, -0.15) is 5.10 Å². The van der Waals surface area contributed by atoms with Crippen LogP contribution in [0.15, 0.2) is 58.2 Å².